The van der Waals surface area contributed by atoms with Crippen molar-refractivity contribution in [1.29, 1.82) is 0 Å². The molecule has 1 heteroatoms. The Labute approximate surface area is 282 Å². The molecule has 0 saturated heterocycles. The van der Waals surface area contributed by atoms with Crippen LogP contribution < -0.4 is 4.90 Å². The summed E-state index contributed by atoms with van der Waals surface area (Å²) in [6.45, 7) is 4.80. The number of para-hydroxylation sites is 2. The van der Waals surface area contributed by atoms with E-state index in [1.54, 1.807) is 0 Å². The highest BCUT2D eigenvalue weighted by Crippen LogP contribution is 2.55. The molecule has 0 aromatic heterocycles. The van der Waals surface area contributed by atoms with Gasteiger partial charge in [0.1, 0.15) is 0 Å². The van der Waals surface area contributed by atoms with Crippen LogP contribution in [0.1, 0.15) is 25.0 Å². The van der Waals surface area contributed by atoms with Gasteiger partial charge in [-0.15, -0.1) is 0 Å². The molecule has 9 rings (SSSR count). The number of benzene rings is 8. The maximum Gasteiger partial charge on any atom is 0.0540 e. The highest BCUT2D eigenvalue weighted by atomic mass is 15.1. The maximum absolute atomic E-state index is 2.46. The van der Waals surface area contributed by atoms with Gasteiger partial charge in [-0.3, -0.25) is 0 Å². The van der Waals surface area contributed by atoms with Crippen LogP contribution in [0.4, 0.5) is 17.1 Å². The van der Waals surface area contributed by atoms with Crippen molar-refractivity contribution in [3.8, 4) is 33.4 Å². The van der Waals surface area contributed by atoms with Gasteiger partial charge in [-0.1, -0.05) is 153 Å². The molecule has 1 aliphatic carbocycles. The lowest BCUT2D eigenvalue weighted by Gasteiger charge is -2.28. The predicted octanol–water partition coefficient (Wildman–Crippen LogP) is 13.1. The maximum atomic E-state index is 2.46. The Bertz CT molecular complexity index is 2460. The monoisotopic (exact) mass is 613 g/mol. The van der Waals surface area contributed by atoms with Gasteiger partial charge in [-0.25, -0.2) is 0 Å². The lowest BCUT2D eigenvalue weighted by molar-refractivity contribution is 0.667. The van der Waals surface area contributed by atoms with E-state index >= 15 is 0 Å². The Kier molecular flexibility index (Phi) is 6.55. The SMILES string of the molecule is CC1(C)c2cc(-c3ccccc3N(c3ccccc3)c3ccc(-c4ccccc4)cc3)ccc2-c2c1c1ccccc1c1ccccc21. The summed E-state index contributed by atoms with van der Waals surface area (Å²) in [6, 6.07) is 64.1. The second kappa shape index (κ2) is 11.1. The standard InChI is InChI=1S/C47H35N/c1-47(2)43-31-34(27-30-42(43)45-40-22-11-9-20-38(40)39-21-10-12-23-41(39)46(45)47)37-19-13-14-24-44(37)48(35-17-7-4-8-18-35)36-28-25-33(26-29-36)32-15-5-3-6-16-32/h3-31H,1-2H3. The molecule has 1 aliphatic rings. The van der Waals surface area contributed by atoms with E-state index in [9.17, 15) is 0 Å². The van der Waals surface area contributed by atoms with Gasteiger partial charge in [-0.2, -0.15) is 0 Å². The zero-order valence-electron chi connectivity index (χ0n) is 27.2. The van der Waals surface area contributed by atoms with E-state index in [0.717, 1.165) is 17.1 Å². The fraction of sp³-hybridized carbons (Fsp3) is 0.0638. The first-order valence-corrected chi connectivity index (χ1v) is 16.8. The fourth-order valence-electron chi connectivity index (χ4n) is 8.00. The first-order chi connectivity index (χ1) is 23.6. The van der Waals surface area contributed by atoms with Crippen molar-refractivity contribution < 1.29 is 0 Å². The van der Waals surface area contributed by atoms with Gasteiger partial charge in [0.25, 0.3) is 0 Å². The average Bonchev–Trinajstić information content (AvgIpc) is 3.39. The van der Waals surface area contributed by atoms with E-state index in [1.807, 2.05) is 0 Å². The third-order valence-electron chi connectivity index (χ3n) is 10.2. The molecule has 228 valence electrons. The van der Waals surface area contributed by atoms with Crippen molar-refractivity contribution in [3.63, 3.8) is 0 Å². The number of rotatable bonds is 5. The molecule has 0 spiro atoms. The van der Waals surface area contributed by atoms with Crippen molar-refractivity contribution in [1.82, 2.24) is 0 Å². The highest BCUT2D eigenvalue weighted by molar-refractivity contribution is 6.18. The van der Waals surface area contributed by atoms with Crippen LogP contribution in [0.2, 0.25) is 0 Å². The van der Waals surface area contributed by atoms with E-state index in [-0.39, 0.29) is 5.41 Å². The summed E-state index contributed by atoms with van der Waals surface area (Å²) in [5, 5.41) is 5.33. The molecule has 8 aromatic rings. The largest absolute Gasteiger partial charge is 0.310 e. The van der Waals surface area contributed by atoms with E-state index in [0.29, 0.717) is 0 Å². The van der Waals surface area contributed by atoms with Crippen molar-refractivity contribution in [2.75, 3.05) is 4.90 Å². The Morgan fingerprint density at radius 1 is 0.396 bits per heavy atom. The normalized spacial score (nSPS) is 13.0. The zero-order valence-corrected chi connectivity index (χ0v) is 27.2. The van der Waals surface area contributed by atoms with Crippen LogP contribution in [0.25, 0.3) is 54.9 Å². The molecule has 0 radical (unpaired) electrons. The number of anilines is 3. The van der Waals surface area contributed by atoms with Crippen LogP contribution in [-0.2, 0) is 5.41 Å². The first kappa shape index (κ1) is 28.3. The Hall–Kier alpha value is -5.92. The van der Waals surface area contributed by atoms with Crippen molar-refractivity contribution in [2.24, 2.45) is 0 Å². The van der Waals surface area contributed by atoms with E-state index in [2.05, 4.69) is 195 Å². The smallest absolute Gasteiger partial charge is 0.0540 e. The van der Waals surface area contributed by atoms with Gasteiger partial charge in [0, 0.05) is 22.4 Å². The zero-order chi connectivity index (χ0) is 32.2. The molecule has 1 nitrogen and oxygen atoms in total. The van der Waals surface area contributed by atoms with Crippen LogP contribution >= 0.6 is 0 Å². The van der Waals surface area contributed by atoms with Crippen LogP contribution in [0, 0.1) is 0 Å². The fourth-order valence-corrected chi connectivity index (χ4v) is 8.00. The van der Waals surface area contributed by atoms with Gasteiger partial charge in [0.05, 0.1) is 5.69 Å². The molecule has 48 heavy (non-hydrogen) atoms. The lowest BCUT2D eigenvalue weighted by atomic mass is 9.78. The Morgan fingerprint density at radius 2 is 0.917 bits per heavy atom. The van der Waals surface area contributed by atoms with Crippen LogP contribution in [0.5, 0.6) is 0 Å². The van der Waals surface area contributed by atoms with Crippen molar-refractivity contribution >= 4 is 38.6 Å². The molecule has 0 aliphatic heterocycles. The minimum atomic E-state index is -0.161. The summed E-state index contributed by atoms with van der Waals surface area (Å²) >= 11 is 0. The molecule has 0 N–H and O–H groups in total. The van der Waals surface area contributed by atoms with Gasteiger partial charge in [-0.05, 0) is 96.9 Å². The molecular weight excluding hydrogens is 579 g/mol. The molecule has 0 saturated carbocycles. The summed E-state index contributed by atoms with van der Waals surface area (Å²) in [6.07, 6.45) is 0. The molecule has 0 bridgehead atoms. The topological polar surface area (TPSA) is 3.24 Å². The summed E-state index contributed by atoms with van der Waals surface area (Å²) in [5.41, 5.74) is 13.6. The molecular formula is C47H35N. The molecule has 0 heterocycles. The van der Waals surface area contributed by atoms with Gasteiger partial charge in [0.2, 0.25) is 0 Å². The highest BCUT2D eigenvalue weighted by Gasteiger charge is 2.38. The average molecular weight is 614 g/mol. The Balaban J connectivity index is 1.21. The third kappa shape index (κ3) is 4.39. The minimum Gasteiger partial charge on any atom is -0.310 e. The van der Waals surface area contributed by atoms with Gasteiger partial charge >= 0.3 is 0 Å². The summed E-state index contributed by atoms with van der Waals surface area (Å²) < 4.78 is 0. The summed E-state index contributed by atoms with van der Waals surface area (Å²) in [4.78, 5) is 2.39. The van der Waals surface area contributed by atoms with E-state index < -0.39 is 0 Å². The molecule has 8 aromatic carbocycles. The second-order valence-corrected chi connectivity index (χ2v) is 13.3. The second-order valence-electron chi connectivity index (χ2n) is 13.3. The van der Waals surface area contributed by atoms with Crippen LogP contribution in [0.3, 0.4) is 0 Å². The summed E-state index contributed by atoms with van der Waals surface area (Å²) in [5.74, 6) is 0. The van der Waals surface area contributed by atoms with Crippen LogP contribution in [0.15, 0.2) is 176 Å². The quantitative estimate of drug-likeness (QED) is 0.175. The van der Waals surface area contributed by atoms with Gasteiger partial charge in [0.15, 0.2) is 0 Å². The lowest BCUT2D eigenvalue weighted by Crippen LogP contribution is -2.16. The number of nitrogens with zero attached hydrogens (tertiary/aromatic N) is 1. The number of hydrogen-bond acceptors (Lipinski definition) is 1. The van der Waals surface area contributed by atoms with Crippen molar-refractivity contribution in [3.05, 3.63) is 187 Å². The minimum absolute atomic E-state index is 0.161. The van der Waals surface area contributed by atoms with E-state index in [1.165, 1.54) is 66.1 Å². The van der Waals surface area contributed by atoms with Gasteiger partial charge < -0.3 is 4.90 Å². The molecule has 0 fully saturated rings. The molecule has 0 unspecified atom stereocenters. The van der Waals surface area contributed by atoms with Crippen molar-refractivity contribution in [2.45, 2.75) is 19.3 Å². The number of hydrogen-bond donors (Lipinski definition) is 0. The summed E-state index contributed by atoms with van der Waals surface area (Å²) in [7, 11) is 0. The predicted molar refractivity (Wildman–Crippen MR) is 205 cm³/mol. The first-order valence-electron chi connectivity index (χ1n) is 16.8. The van der Waals surface area contributed by atoms with E-state index in [4.69, 9.17) is 0 Å². The molecule has 0 amide bonds. The van der Waals surface area contributed by atoms with Crippen LogP contribution in [-0.4, -0.2) is 0 Å². The number of fused-ring (bicyclic) bond motifs is 8. The Morgan fingerprint density at radius 3 is 1.65 bits per heavy atom. The molecule has 0 atom stereocenters. The third-order valence-corrected chi connectivity index (χ3v) is 10.2.